The monoisotopic (exact) mass is 286 g/mol. The molecule has 1 atom stereocenters. The maximum atomic E-state index is 12.4. The van der Waals surface area contributed by atoms with Gasteiger partial charge in [0.15, 0.2) is 0 Å². The number of piperidine rings is 1. The van der Waals surface area contributed by atoms with Crippen LogP contribution in [0.4, 0.5) is 0 Å². The molecule has 0 saturated carbocycles. The fourth-order valence-corrected chi connectivity index (χ4v) is 2.95. The van der Waals surface area contributed by atoms with Crippen LogP contribution in [0.2, 0.25) is 0 Å². The molecule has 1 aromatic heterocycles. The lowest BCUT2D eigenvalue weighted by atomic mass is 10.0. The second-order valence-electron chi connectivity index (χ2n) is 6.07. The molecule has 1 saturated heterocycles. The Kier molecular flexibility index (Phi) is 3.92. The Bertz CT molecular complexity index is 634. The molecule has 1 aliphatic rings. The van der Waals surface area contributed by atoms with Crippen molar-refractivity contribution in [3.63, 3.8) is 0 Å². The summed E-state index contributed by atoms with van der Waals surface area (Å²) in [5.41, 5.74) is 1.65. The topological polar surface area (TPSA) is 61.0 Å². The van der Waals surface area contributed by atoms with E-state index in [2.05, 4.69) is 34.3 Å². The summed E-state index contributed by atoms with van der Waals surface area (Å²) in [6.07, 6.45) is 3.94. The summed E-state index contributed by atoms with van der Waals surface area (Å²) in [5, 5.41) is 11.0. The maximum Gasteiger partial charge on any atom is 0.251 e. The summed E-state index contributed by atoms with van der Waals surface area (Å²) in [6.45, 7) is 6.48. The Morgan fingerprint density at radius 3 is 3.14 bits per heavy atom. The molecule has 21 heavy (non-hydrogen) atoms. The molecule has 5 nitrogen and oxygen atoms in total. The van der Waals surface area contributed by atoms with E-state index in [9.17, 15) is 4.79 Å². The predicted octanol–water partition coefficient (Wildman–Crippen LogP) is 2.17. The van der Waals surface area contributed by atoms with E-state index in [1.54, 1.807) is 6.20 Å². The number of nitrogens with one attached hydrogen (secondary N) is 2. The Labute approximate surface area is 124 Å². The number of fused-ring (bicyclic) bond motifs is 1. The van der Waals surface area contributed by atoms with Gasteiger partial charge in [-0.25, -0.2) is 0 Å². The molecule has 0 bridgehead atoms. The highest BCUT2D eigenvalue weighted by Gasteiger charge is 2.23. The lowest BCUT2D eigenvalue weighted by Gasteiger charge is -2.35. The first kappa shape index (κ1) is 14.1. The van der Waals surface area contributed by atoms with Gasteiger partial charge in [0.05, 0.1) is 11.7 Å². The normalized spacial score (nSPS) is 20.0. The highest BCUT2D eigenvalue weighted by atomic mass is 16.1. The number of aromatic amines is 1. The summed E-state index contributed by atoms with van der Waals surface area (Å²) in [6, 6.07) is 6.41. The van der Waals surface area contributed by atoms with E-state index in [-0.39, 0.29) is 11.9 Å². The minimum atomic E-state index is 0.00806. The van der Waals surface area contributed by atoms with E-state index in [0.717, 1.165) is 36.8 Å². The number of H-pyrrole nitrogens is 1. The number of likely N-dealkylation sites (tertiary alicyclic amines) is 1. The first-order valence-corrected chi connectivity index (χ1v) is 7.61. The van der Waals surface area contributed by atoms with Crippen LogP contribution in [0.3, 0.4) is 0 Å². The van der Waals surface area contributed by atoms with Gasteiger partial charge in [-0.05, 0) is 51.4 Å². The Morgan fingerprint density at radius 2 is 2.33 bits per heavy atom. The molecule has 1 amide bonds. The summed E-state index contributed by atoms with van der Waals surface area (Å²) < 4.78 is 0. The predicted molar refractivity (Wildman–Crippen MR) is 83.3 cm³/mol. The van der Waals surface area contributed by atoms with E-state index in [1.165, 1.54) is 0 Å². The van der Waals surface area contributed by atoms with Gasteiger partial charge in [0, 0.05) is 29.6 Å². The van der Waals surface area contributed by atoms with Crippen LogP contribution in [-0.2, 0) is 0 Å². The molecule has 2 N–H and O–H groups in total. The first-order chi connectivity index (χ1) is 10.1. The average molecular weight is 286 g/mol. The number of benzene rings is 1. The van der Waals surface area contributed by atoms with Crippen molar-refractivity contribution >= 4 is 16.8 Å². The number of amides is 1. The quantitative estimate of drug-likeness (QED) is 0.909. The zero-order valence-corrected chi connectivity index (χ0v) is 12.6. The number of nitrogens with zero attached hydrogens (tertiary/aromatic N) is 2. The molecule has 1 fully saturated rings. The van der Waals surface area contributed by atoms with Gasteiger partial charge < -0.3 is 5.32 Å². The minimum absolute atomic E-state index is 0.00806. The van der Waals surface area contributed by atoms with Crippen LogP contribution in [0.1, 0.15) is 37.0 Å². The van der Waals surface area contributed by atoms with Gasteiger partial charge in [0.2, 0.25) is 0 Å². The van der Waals surface area contributed by atoms with Gasteiger partial charge in [-0.1, -0.05) is 0 Å². The van der Waals surface area contributed by atoms with Crippen LogP contribution < -0.4 is 5.32 Å². The van der Waals surface area contributed by atoms with Crippen LogP contribution in [0.5, 0.6) is 0 Å². The summed E-state index contributed by atoms with van der Waals surface area (Å²) in [5.74, 6) is 0.00806. The van der Waals surface area contributed by atoms with Gasteiger partial charge in [0.25, 0.3) is 5.91 Å². The standard InChI is InChI=1S/C16H22N4O/c1-11(2)20-7-3-4-14(10-20)18-16(21)12-5-6-15-13(8-12)9-17-19-15/h5-6,8-9,11,14H,3-4,7,10H2,1-2H3,(H,17,19)(H,18,21). The van der Waals surface area contributed by atoms with E-state index < -0.39 is 0 Å². The fourth-order valence-electron chi connectivity index (χ4n) is 2.95. The van der Waals surface area contributed by atoms with Gasteiger partial charge in [-0.15, -0.1) is 0 Å². The van der Waals surface area contributed by atoms with Gasteiger partial charge >= 0.3 is 0 Å². The molecule has 0 aliphatic carbocycles. The molecule has 2 aromatic rings. The first-order valence-electron chi connectivity index (χ1n) is 7.61. The summed E-state index contributed by atoms with van der Waals surface area (Å²) in [4.78, 5) is 14.8. The highest BCUT2D eigenvalue weighted by Crippen LogP contribution is 2.15. The number of carbonyl (C=O) groups excluding carboxylic acids is 1. The molecule has 5 heteroatoms. The van der Waals surface area contributed by atoms with E-state index in [0.29, 0.717) is 11.6 Å². The Morgan fingerprint density at radius 1 is 1.48 bits per heavy atom. The van der Waals surface area contributed by atoms with Crippen molar-refractivity contribution in [3.8, 4) is 0 Å². The van der Waals surface area contributed by atoms with Crippen LogP contribution in [0.25, 0.3) is 10.9 Å². The largest absolute Gasteiger partial charge is 0.348 e. The molecule has 1 unspecified atom stereocenters. The van der Waals surface area contributed by atoms with Crippen molar-refractivity contribution < 1.29 is 4.79 Å². The summed E-state index contributed by atoms with van der Waals surface area (Å²) >= 11 is 0. The number of carbonyl (C=O) groups is 1. The van der Waals surface area contributed by atoms with E-state index in [1.807, 2.05) is 18.2 Å². The average Bonchev–Trinajstić information content (AvgIpc) is 2.94. The molecule has 0 spiro atoms. The third-order valence-corrected chi connectivity index (χ3v) is 4.22. The number of aromatic nitrogens is 2. The molecule has 0 radical (unpaired) electrons. The van der Waals surface area contributed by atoms with Crippen molar-refractivity contribution in [1.29, 1.82) is 0 Å². The highest BCUT2D eigenvalue weighted by molar-refractivity contribution is 5.98. The van der Waals surface area contributed by atoms with Gasteiger partial charge in [0.1, 0.15) is 0 Å². The second-order valence-corrected chi connectivity index (χ2v) is 6.07. The maximum absolute atomic E-state index is 12.4. The van der Waals surface area contributed by atoms with Crippen LogP contribution in [0.15, 0.2) is 24.4 Å². The van der Waals surface area contributed by atoms with Crippen molar-refractivity contribution in [2.75, 3.05) is 13.1 Å². The van der Waals surface area contributed by atoms with Gasteiger partial charge in [-0.2, -0.15) is 5.10 Å². The Balaban J connectivity index is 1.67. The number of hydrogen-bond donors (Lipinski definition) is 2. The third kappa shape index (κ3) is 3.08. The van der Waals surface area contributed by atoms with E-state index in [4.69, 9.17) is 0 Å². The van der Waals surface area contributed by atoms with Crippen molar-refractivity contribution in [3.05, 3.63) is 30.0 Å². The fraction of sp³-hybridized carbons (Fsp3) is 0.500. The van der Waals surface area contributed by atoms with E-state index >= 15 is 0 Å². The minimum Gasteiger partial charge on any atom is -0.348 e. The zero-order valence-electron chi connectivity index (χ0n) is 12.6. The third-order valence-electron chi connectivity index (χ3n) is 4.22. The van der Waals surface area contributed by atoms with Crippen molar-refractivity contribution in [2.45, 2.75) is 38.8 Å². The van der Waals surface area contributed by atoms with Crippen molar-refractivity contribution in [2.24, 2.45) is 0 Å². The summed E-state index contributed by atoms with van der Waals surface area (Å²) in [7, 11) is 0. The number of hydrogen-bond acceptors (Lipinski definition) is 3. The van der Waals surface area contributed by atoms with Crippen LogP contribution >= 0.6 is 0 Å². The lowest BCUT2D eigenvalue weighted by molar-refractivity contribution is 0.0886. The molecule has 3 rings (SSSR count). The lowest BCUT2D eigenvalue weighted by Crippen LogP contribution is -2.49. The molecule has 112 valence electrons. The number of rotatable bonds is 3. The zero-order chi connectivity index (χ0) is 14.8. The molecule has 2 heterocycles. The Hall–Kier alpha value is -1.88. The van der Waals surface area contributed by atoms with Gasteiger partial charge in [-0.3, -0.25) is 14.8 Å². The van der Waals surface area contributed by atoms with Crippen molar-refractivity contribution in [1.82, 2.24) is 20.4 Å². The SMILES string of the molecule is CC(C)N1CCCC(NC(=O)c2ccc3[nH]ncc3c2)C1. The second kappa shape index (κ2) is 5.85. The smallest absolute Gasteiger partial charge is 0.251 e. The molecule has 1 aromatic carbocycles. The molecule has 1 aliphatic heterocycles. The van der Waals surface area contributed by atoms with Crippen LogP contribution in [0, 0.1) is 0 Å². The molecular weight excluding hydrogens is 264 g/mol. The molecular formula is C16H22N4O. The van der Waals surface area contributed by atoms with Crippen LogP contribution in [-0.4, -0.2) is 46.2 Å².